The van der Waals surface area contributed by atoms with E-state index in [0.717, 1.165) is 17.5 Å². The minimum absolute atomic E-state index is 0.751. The highest BCUT2D eigenvalue weighted by Gasteiger charge is 2.21. The summed E-state index contributed by atoms with van der Waals surface area (Å²) in [5, 5.41) is 2.44. The van der Waals surface area contributed by atoms with E-state index in [4.69, 9.17) is 0 Å². The number of isothiocyanates is 1. The summed E-state index contributed by atoms with van der Waals surface area (Å²) in [5.41, 5.74) is 2.40. The van der Waals surface area contributed by atoms with E-state index in [1.54, 1.807) is 0 Å². The second kappa shape index (κ2) is 11.6. The van der Waals surface area contributed by atoms with E-state index in [0.29, 0.717) is 0 Å². The van der Waals surface area contributed by atoms with Gasteiger partial charge in [-0.3, -0.25) is 0 Å². The van der Waals surface area contributed by atoms with Crippen molar-refractivity contribution in [3.05, 3.63) is 29.8 Å². The Balaban J connectivity index is 1.61. The summed E-state index contributed by atoms with van der Waals surface area (Å²) < 4.78 is 0. The van der Waals surface area contributed by atoms with Gasteiger partial charge >= 0.3 is 0 Å². The summed E-state index contributed by atoms with van der Waals surface area (Å²) in [7, 11) is 0. The summed E-state index contributed by atoms with van der Waals surface area (Å²) in [5.74, 6) is 1.73. The van der Waals surface area contributed by atoms with Gasteiger partial charge in [-0.2, -0.15) is 4.99 Å². The zero-order chi connectivity index (χ0) is 17.0. The first kappa shape index (κ1) is 19.3. The fourth-order valence-electron chi connectivity index (χ4n) is 4.05. The average Bonchev–Trinajstić information content (AvgIpc) is 2.62. The van der Waals surface area contributed by atoms with Gasteiger partial charge in [0.15, 0.2) is 0 Å². The van der Waals surface area contributed by atoms with Gasteiger partial charge in [-0.25, -0.2) is 0 Å². The number of unbranched alkanes of at least 4 members (excludes halogenated alkanes) is 6. The lowest BCUT2D eigenvalue weighted by molar-refractivity contribution is 0.302. The Morgan fingerprint density at radius 1 is 0.917 bits per heavy atom. The first-order valence-electron chi connectivity index (χ1n) is 10.0. The molecule has 1 aromatic carbocycles. The van der Waals surface area contributed by atoms with Crippen molar-refractivity contribution in [2.75, 3.05) is 0 Å². The summed E-state index contributed by atoms with van der Waals surface area (Å²) >= 11 is 4.66. The van der Waals surface area contributed by atoms with Crippen molar-refractivity contribution >= 4 is 23.1 Å². The fourth-order valence-corrected chi connectivity index (χ4v) is 4.15. The number of rotatable bonds is 10. The number of hydrogen-bond acceptors (Lipinski definition) is 2. The average molecular weight is 344 g/mol. The smallest absolute Gasteiger partial charge is 0.0739 e. The molecule has 0 N–H and O–H groups in total. The molecule has 0 amide bonds. The van der Waals surface area contributed by atoms with Gasteiger partial charge < -0.3 is 0 Å². The Kier molecular flexibility index (Phi) is 9.31. The lowest BCUT2D eigenvalue weighted by atomic mass is 9.77. The summed E-state index contributed by atoms with van der Waals surface area (Å²) in [6.07, 6.45) is 17.0. The summed E-state index contributed by atoms with van der Waals surface area (Å²) in [4.78, 5) is 4.03. The fraction of sp³-hybridized carbons (Fsp3) is 0.682. The largest absolute Gasteiger partial charge is 0.195 e. The second-order valence-corrected chi connectivity index (χ2v) is 7.60. The van der Waals surface area contributed by atoms with Gasteiger partial charge in [0.25, 0.3) is 0 Å². The highest BCUT2D eigenvalue weighted by Crippen LogP contribution is 2.38. The summed E-state index contributed by atoms with van der Waals surface area (Å²) in [6.45, 7) is 2.29. The quantitative estimate of drug-likeness (QED) is 0.239. The molecule has 0 heterocycles. The van der Waals surface area contributed by atoms with Crippen LogP contribution in [0, 0.1) is 5.92 Å². The molecule has 0 spiro atoms. The van der Waals surface area contributed by atoms with Gasteiger partial charge in [-0.15, -0.1) is 0 Å². The van der Waals surface area contributed by atoms with Gasteiger partial charge in [0, 0.05) is 0 Å². The van der Waals surface area contributed by atoms with E-state index in [1.807, 2.05) is 0 Å². The molecule has 0 aliphatic heterocycles. The number of benzene rings is 1. The van der Waals surface area contributed by atoms with Crippen LogP contribution in [0.4, 0.5) is 5.69 Å². The van der Waals surface area contributed by atoms with E-state index < -0.39 is 0 Å². The molecule has 132 valence electrons. The molecule has 0 aromatic heterocycles. The molecular formula is C22H33NS. The van der Waals surface area contributed by atoms with E-state index in [1.165, 1.54) is 82.6 Å². The van der Waals surface area contributed by atoms with Crippen molar-refractivity contribution < 1.29 is 0 Å². The minimum Gasteiger partial charge on any atom is -0.195 e. The normalized spacial score (nSPS) is 20.5. The molecule has 0 bridgehead atoms. The van der Waals surface area contributed by atoms with E-state index in [9.17, 15) is 0 Å². The molecule has 1 fully saturated rings. The van der Waals surface area contributed by atoms with E-state index in [2.05, 4.69) is 53.6 Å². The maximum atomic E-state index is 4.66. The molecule has 0 radical (unpaired) electrons. The Morgan fingerprint density at radius 2 is 1.54 bits per heavy atom. The van der Waals surface area contributed by atoms with Gasteiger partial charge in [0.1, 0.15) is 0 Å². The van der Waals surface area contributed by atoms with Crippen LogP contribution in [0.25, 0.3) is 0 Å². The third kappa shape index (κ3) is 6.87. The molecule has 1 aliphatic carbocycles. The molecule has 0 atom stereocenters. The van der Waals surface area contributed by atoms with Crippen LogP contribution in [0.5, 0.6) is 0 Å². The van der Waals surface area contributed by atoms with Crippen LogP contribution in [0.2, 0.25) is 0 Å². The van der Waals surface area contributed by atoms with Gasteiger partial charge in [0.05, 0.1) is 10.8 Å². The summed E-state index contributed by atoms with van der Waals surface area (Å²) in [6, 6.07) is 8.60. The number of nitrogens with zero attached hydrogens (tertiary/aromatic N) is 1. The van der Waals surface area contributed by atoms with Crippen LogP contribution < -0.4 is 0 Å². The van der Waals surface area contributed by atoms with Crippen LogP contribution in [-0.2, 0) is 0 Å². The van der Waals surface area contributed by atoms with Crippen LogP contribution in [0.15, 0.2) is 29.3 Å². The third-order valence-electron chi connectivity index (χ3n) is 5.60. The van der Waals surface area contributed by atoms with Gasteiger partial charge in [-0.1, -0.05) is 70.4 Å². The van der Waals surface area contributed by atoms with Crippen molar-refractivity contribution in [1.29, 1.82) is 0 Å². The maximum Gasteiger partial charge on any atom is 0.0739 e. The molecule has 1 aliphatic rings. The standard InChI is InChI=1S/C22H33NS/c1-2-3-4-5-6-7-8-9-19-10-12-20(13-11-19)21-14-16-22(17-15-21)23-18-24/h14-17,19-20H,2-13H2,1H3. The molecule has 1 nitrogen and oxygen atoms in total. The Bertz CT molecular complexity index is 493. The highest BCUT2D eigenvalue weighted by molar-refractivity contribution is 7.78. The van der Waals surface area contributed by atoms with Crippen molar-refractivity contribution in [1.82, 2.24) is 0 Å². The molecule has 24 heavy (non-hydrogen) atoms. The lowest BCUT2D eigenvalue weighted by Gasteiger charge is -2.29. The zero-order valence-corrected chi connectivity index (χ0v) is 16.1. The van der Waals surface area contributed by atoms with Gasteiger partial charge in [-0.05, 0) is 67.4 Å². The van der Waals surface area contributed by atoms with Crippen molar-refractivity contribution in [3.8, 4) is 0 Å². The number of hydrogen-bond donors (Lipinski definition) is 0. The van der Waals surface area contributed by atoms with Crippen molar-refractivity contribution in [2.24, 2.45) is 10.9 Å². The van der Waals surface area contributed by atoms with Crippen LogP contribution in [0.3, 0.4) is 0 Å². The first-order valence-corrected chi connectivity index (χ1v) is 10.4. The molecular weight excluding hydrogens is 310 g/mol. The first-order chi connectivity index (χ1) is 11.8. The lowest BCUT2D eigenvalue weighted by Crippen LogP contribution is -2.13. The molecule has 0 saturated heterocycles. The number of thiocarbonyl (C=S) groups is 1. The number of aliphatic imine (C=N–C) groups is 1. The van der Waals surface area contributed by atoms with E-state index >= 15 is 0 Å². The molecule has 2 rings (SSSR count). The third-order valence-corrected chi connectivity index (χ3v) is 5.69. The van der Waals surface area contributed by atoms with Gasteiger partial charge in [0.2, 0.25) is 0 Å². The predicted octanol–water partition coefficient (Wildman–Crippen LogP) is 7.84. The van der Waals surface area contributed by atoms with Crippen molar-refractivity contribution in [3.63, 3.8) is 0 Å². The van der Waals surface area contributed by atoms with Crippen LogP contribution in [0.1, 0.15) is 95.5 Å². The zero-order valence-electron chi connectivity index (χ0n) is 15.3. The molecule has 1 saturated carbocycles. The van der Waals surface area contributed by atoms with Crippen LogP contribution >= 0.6 is 12.2 Å². The predicted molar refractivity (Wildman–Crippen MR) is 108 cm³/mol. The Hall–Kier alpha value is -0.980. The second-order valence-electron chi connectivity index (χ2n) is 7.42. The molecule has 1 aromatic rings. The molecule has 2 heteroatoms. The highest BCUT2D eigenvalue weighted by atomic mass is 32.1. The topological polar surface area (TPSA) is 12.4 Å². The SMILES string of the molecule is CCCCCCCCCC1CCC(c2ccc(N=C=S)cc2)CC1. The Morgan fingerprint density at radius 3 is 2.17 bits per heavy atom. The minimum atomic E-state index is 0.751. The monoisotopic (exact) mass is 343 g/mol. The molecule has 0 unspecified atom stereocenters. The van der Waals surface area contributed by atoms with Crippen molar-refractivity contribution in [2.45, 2.75) is 89.9 Å². The Labute approximate surface area is 154 Å². The maximum absolute atomic E-state index is 4.66. The van der Waals surface area contributed by atoms with E-state index in [-0.39, 0.29) is 0 Å². The van der Waals surface area contributed by atoms with Crippen LogP contribution in [-0.4, -0.2) is 5.16 Å².